The highest BCUT2D eigenvalue weighted by Crippen LogP contribution is 2.35. The Bertz CT molecular complexity index is 449. The van der Waals surface area contributed by atoms with Crippen molar-refractivity contribution < 1.29 is 27.9 Å². The van der Waals surface area contributed by atoms with Crippen LogP contribution in [0.3, 0.4) is 0 Å². The van der Waals surface area contributed by atoms with Gasteiger partial charge in [-0.15, -0.1) is 13.2 Å². The summed E-state index contributed by atoms with van der Waals surface area (Å²) in [5, 5.41) is 10.3. The van der Waals surface area contributed by atoms with Crippen LogP contribution in [0.1, 0.15) is 12.0 Å². The van der Waals surface area contributed by atoms with E-state index in [2.05, 4.69) is 4.84 Å². The fourth-order valence-electron chi connectivity index (χ4n) is 1.87. The van der Waals surface area contributed by atoms with E-state index >= 15 is 0 Å². The van der Waals surface area contributed by atoms with Gasteiger partial charge in [-0.1, -0.05) is 30.3 Å². The largest absolute Gasteiger partial charge is 0.544 e. The topological polar surface area (TPSA) is 49.8 Å². The van der Waals surface area contributed by atoms with Crippen molar-refractivity contribution in [2.24, 2.45) is 0 Å². The summed E-state index contributed by atoms with van der Waals surface area (Å²) in [6.07, 6.45) is -5.09. The molecule has 1 saturated heterocycles. The van der Waals surface area contributed by atoms with E-state index in [0.29, 0.717) is 0 Å². The number of hydroxylamine groups is 2. The van der Waals surface area contributed by atoms with Gasteiger partial charge in [-0.3, -0.25) is 4.79 Å². The van der Waals surface area contributed by atoms with E-state index in [1.807, 2.05) is 0 Å². The highest BCUT2D eigenvalue weighted by Gasteiger charge is 2.50. The summed E-state index contributed by atoms with van der Waals surface area (Å²) in [7, 11) is 0. The van der Waals surface area contributed by atoms with Gasteiger partial charge >= 0.3 is 6.36 Å². The number of rotatable bonds is 2. The fourth-order valence-corrected chi connectivity index (χ4v) is 1.87. The highest BCUT2D eigenvalue weighted by atomic mass is 19.4. The monoisotopic (exact) mass is 261 g/mol. The minimum Gasteiger partial charge on any atom is -0.375 e. The number of aliphatic hydroxyl groups is 1. The molecule has 1 amide bonds. The summed E-state index contributed by atoms with van der Waals surface area (Å²) in [4.78, 5) is 15.3. The van der Waals surface area contributed by atoms with Crippen molar-refractivity contribution in [2.45, 2.75) is 18.4 Å². The summed E-state index contributed by atoms with van der Waals surface area (Å²) < 4.78 is 36.1. The standard InChI is InChI=1S/C11H10F3NO3/c12-11(13,14)18-15-7-6-10(17,9(15)16)8-4-2-1-3-5-8/h1-5,17H,6-7H2/t10-/m0/s1. The Labute approximate surface area is 101 Å². The van der Waals surface area contributed by atoms with E-state index in [9.17, 15) is 23.1 Å². The molecule has 0 aliphatic carbocycles. The Kier molecular flexibility index (Phi) is 3.04. The minimum atomic E-state index is -4.95. The van der Waals surface area contributed by atoms with Crippen molar-refractivity contribution in [3.05, 3.63) is 35.9 Å². The lowest BCUT2D eigenvalue weighted by Gasteiger charge is -2.22. The van der Waals surface area contributed by atoms with Crippen LogP contribution in [0.25, 0.3) is 0 Å². The lowest BCUT2D eigenvalue weighted by atomic mass is 9.92. The molecule has 0 aromatic heterocycles. The van der Waals surface area contributed by atoms with Gasteiger partial charge in [0.2, 0.25) is 0 Å². The number of amides is 1. The van der Waals surface area contributed by atoms with Gasteiger partial charge in [0.25, 0.3) is 5.91 Å². The van der Waals surface area contributed by atoms with Gasteiger partial charge in [0.1, 0.15) is 0 Å². The smallest absolute Gasteiger partial charge is 0.375 e. The third-order valence-electron chi connectivity index (χ3n) is 2.72. The molecule has 4 nitrogen and oxygen atoms in total. The van der Waals surface area contributed by atoms with Crippen LogP contribution >= 0.6 is 0 Å². The number of hydrogen-bond donors (Lipinski definition) is 1. The zero-order chi connectivity index (χ0) is 13.4. The van der Waals surface area contributed by atoms with Crippen molar-refractivity contribution in [1.29, 1.82) is 0 Å². The molecule has 7 heteroatoms. The van der Waals surface area contributed by atoms with Crippen LogP contribution in [0.2, 0.25) is 0 Å². The van der Waals surface area contributed by atoms with E-state index in [1.165, 1.54) is 12.1 Å². The summed E-state index contributed by atoms with van der Waals surface area (Å²) in [5.74, 6) is -1.11. The molecule has 1 aliphatic heterocycles. The van der Waals surface area contributed by atoms with Crippen LogP contribution in [0.15, 0.2) is 30.3 Å². The van der Waals surface area contributed by atoms with E-state index < -0.39 is 17.9 Å². The second-order valence-electron chi connectivity index (χ2n) is 3.92. The van der Waals surface area contributed by atoms with Gasteiger partial charge in [-0.2, -0.15) is 4.84 Å². The van der Waals surface area contributed by atoms with Gasteiger partial charge < -0.3 is 5.11 Å². The Morgan fingerprint density at radius 1 is 1.28 bits per heavy atom. The van der Waals surface area contributed by atoms with Crippen LogP contribution in [-0.4, -0.2) is 29.0 Å². The Balaban J connectivity index is 2.21. The number of benzene rings is 1. The predicted octanol–water partition coefficient (Wildman–Crippen LogP) is 1.56. The van der Waals surface area contributed by atoms with E-state index in [0.717, 1.165) is 0 Å². The highest BCUT2D eigenvalue weighted by molar-refractivity contribution is 5.87. The number of alkyl halides is 3. The maximum Gasteiger partial charge on any atom is 0.544 e. The van der Waals surface area contributed by atoms with Gasteiger partial charge in [0.15, 0.2) is 5.60 Å². The number of halogens is 3. The first-order valence-corrected chi connectivity index (χ1v) is 5.19. The summed E-state index contributed by atoms with van der Waals surface area (Å²) >= 11 is 0. The fraction of sp³-hybridized carbons (Fsp3) is 0.364. The van der Waals surface area contributed by atoms with E-state index in [-0.39, 0.29) is 23.6 Å². The Morgan fingerprint density at radius 2 is 1.89 bits per heavy atom. The van der Waals surface area contributed by atoms with Gasteiger partial charge in [-0.05, 0) is 5.56 Å². The molecule has 18 heavy (non-hydrogen) atoms. The van der Waals surface area contributed by atoms with Gasteiger partial charge in [-0.25, -0.2) is 5.06 Å². The molecule has 1 atom stereocenters. The number of nitrogens with zero attached hydrogens (tertiary/aromatic N) is 1. The van der Waals surface area contributed by atoms with E-state index in [4.69, 9.17) is 0 Å². The zero-order valence-corrected chi connectivity index (χ0v) is 9.15. The van der Waals surface area contributed by atoms with Crippen molar-refractivity contribution >= 4 is 5.91 Å². The average Bonchev–Trinajstić information content (AvgIpc) is 2.58. The lowest BCUT2D eigenvalue weighted by molar-refractivity contribution is -0.400. The molecule has 1 aromatic rings. The summed E-state index contributed by atoms with van der Waals surface area (Å²) in [6.45, 7) is -0.316. The number of carbonyl (C=O) groups excluding carboxylic acids is 1. The first kappa shape index (κ1) is 12.8. The number of carbonyl (C=O) groups is 1. The van der Waals surface area contributed by atoms with Crippen LogP contribution in [0.4, 0.5) is 13.2 Å². The van der Waals surface area contributed by atoms with Crippen molar-refractivity contribution in [3.8, 4) is 0 Å². The summed E-state index contributed by atoms with van der Waals surface area (Å²) in [6, 6.07) is 7.82. The van der Waals surface area contributed by atoms with Gasteiger partial charge in [0, 0.05) is 6.42 Å². The number of hydrogen-bond acceptors (Lipinski definition) is 3. The molecule has 1 N–H and O–H groups in total. The Hall–Kier alpha value is -1.60. The zero-order valence-electron chi connectivity index (χ0n) is 9.15. The van der Waals surface area contributed by atoms with Crippen LogP contribution in [-0.2, 0) is 15.2 Å². The molecule has 0 radical (unpaired) electrons. The van der Waals surface area contributed by atoms with Crippen LogP contribution in [0.5, 0.6) is 0 Å². The predicted molar refractivity (Wildman–Crippen MR) is 53.8 cm³/mol. The molecule has 2 rings (SSSR count). The molecule has 0 saturated carbocycles. The first-order chi connectivity index (χ1) is 8.33. The maximum atomic E-state index is 12.0. The second-order valence-corrected chi connectivity index (χ2v) is 3.92. The molecular formula is C11H10F3NO3. The molecule has 1 fully saturated rings. The SMILES string of the molecule is O=C1N(OC(F)(F)F)CC[C@]1(O)c1ccccc1. The quantitative estimate of drug-likeness (QED) is 0.878. The summed E-state index contributed by atoms with van der Waals surface area (Å²) in [5.41, 5.74) is -1.70. The molecule has 1 aromatic carbocycles. The Morgan fingerprint density at radius 3 is 2.44 bits per heavy atom. The van der Waals surface area contributed by atoms with Crippen LogP contribution in [0, 0.1) is 0 Å². The average molecular weight is 261 g/mol. The molecule has 0 bridgehead atoms. The lowest BCUT2D eigenvalue weighted by Crippen LogP contribution is -2.40. The normalized spacial score (nSPS) is 24.7. The maximum absolute atomic E-state index is 12.0. The third-order valence-corrected chi connectivity index (χ3v) is 2.72. The molecule has 0 unspecified atom stereocenters. The van der Waals surface area contributed by atoms with Crippen molar-refractivity contribution in [1.82, 2.24) is 5.06 Å². The molecule has 1 aliphatic rings. The van der Waals surface area contributed by atoms with Crippen molar-refractivity contribution in [3.63, 3.8) is 0 Å². The molecular weight excluding hydrogens is 251 g/mol. The van der Waals surface area contributed by atoms with Crippen LogP contribution < -0.4 is 0 Å². The molecule has 98 valence electrons. The molecule has 1 heterocycles. The van der Waals surface area contributed by atoms with Crippen molar-refractivity contribution in [2.75, 3.05) is 6.54 Å². The van der Waals surface area contributed by atoms with Gasteiger partial charge in [0.05, 0.1) is 6.54 Å². The minimum absolute atomic E-state index is 0.146. The van der Waals surface area contributed by atoms with E-state index in [1.54, 1.807) is 18.2 Å². The molecule has 0 spiro atoms. The second kappa shape index (κ2) is 4.25. The third kappa shape index (κ3) is 2.32. The first-order valence-electron chi connectivity index (χ1n) is 5.19.